The summed E-state index contributed by atoms with van der Waals surface area (Å²) in [5.41, 5.74) is 3.88. The molecule has 2 aromatic rings. The molecule has 2 amide bonds. The molecule has 0 unspecified atom stereocenters. The molecule has 1 saturated carbocycles. The van der Waals surface area contributed by atoms with Gasteiger partial charge in [-0.15, -0.1) is 0 Å². The van der Waals surface area contributed by atoms with E-state index in [1.165, 1.54) is 0 Å². The quantitative estimate of drug-likeness (QED) is 0.188. The maximum absolute atomic E-state index is 14.4. The lowest BCUT2D eigenvalue weighted by Crippen LogP contribution is -2.56. The summed E-state index contributed by atoms with van der Waals surface area (Å²) in [6, 6.07) is 10.8. The van der Waals surface area contributed by atoms with Crippen LogP contribution >= 0.6 is 0 Å². The van der Waals surface area contributed by atoms with Crippen molar-refractivity contribution >= 4 is 17.5 Å². The Morgan fingerprint density at radius 1 is 1.09 bits per heavy atom. The zero-order chi connectivity index (χ0) is 41.2. The number of nitrogens with one attached hydrogen (secondary N) is 2. The largest absolute Gasteiger partial charge is 0.496 e. The molecule has 2 fully saturated rings. The van der Waals surface area contributed by atoms with Gasteiger partial charge in [0.05, 0.1) is 31.9 Å². The third-order valence-corrected chi connectivity index (χ3v) is 12.6. The van der Waals surface area contributed by atoms with Gasteiger partial charge >= 0.3 is 0 Å². The Labute approximate surface area is 331 Å². The van der Waals surface area contributed by atoms with Gasteiger partial charge in [-0.3, -0.25) is 14.4 Å². The second-order valence-corrected chi connectivity index (χ2v) is 18.7. The average Bonchev–Trinajstić information content (AvgIpc) is 3.47. The van der Waals surface area contributed by atoms with Crippen LogP contribution in [0.25, 0.3) is 11.1 Å². The summed E-state index contributed by atoms with van der Waals surface area (Å²) in [4.78, 5) is 38.8. The van der Waals surface area contributed by atoms with Crippen LogP contribution in [0.4, 0.5) is 5.69 Å². The van der Waals surface area contributed by atoms with Gasteiger partial charge in [-0.1, -0.05) is 79.7 Å². The van der Waals surface area contributed by atoms with Crippen molar-refractivity contribution in [2.24, 2.45) is 34.5 Å². The first-order valence-electron chi connectivity index (χ1n) is 20.1. The van der Waals surface area contributed by atoms with E-state index >= 15 is 0 Å². The Balaban J connectivity index is 1.69. The number of nitrogens with zero attached hydrogens (tertiary/aromatic N) is 3. The van der Waals surface area contributed by atoms with Crippen molar-refractivity contribution in [3.8, 4) is 16.9 Å². The Kier molecular flexibility index (Phi) is 14.5. The molecule has 1 aliphatic carbocycles. The summed E-state index contributed by atoms with van der Waals surface area (Å²) in [6.07, 6.45) is 0.00692. The fraction of sp³-hybridized carbons (Fsp3) is 0.682. The minimum absolute atomic E-state index is 0.0296. The van der Waals surface area contributed by atoms with Crippen LogP contribution in [0.2, 0.25) is 0 Å². The van der Waals surface area contributed by atoms with Gasteiger partial charge in [0.2, 0.25) is 5.91 Å². The SMILES string of the molecule is COc1c(CN2O[C@@H](CO)[C@@H]([C@H](C)O)[C@H]2C(=O)N[C@H]2C[C@@H](C)C(C)(C)[C@@H](C)[C@@H]2C)cccc1-c1ccc(N(C)C)c(C(=O)N[C@H](CN(C)C)CC(C)(C)C)c1. The number of likely N-dealkylation sites (N-methyl/N-ethyl adjacent to an activating group) is 1. The van der Waals surface area contributed by atoms with E-state index in [0.717, 1.165) is 41.8 Å². The predicted molar refractivity (Wildman–Crippen MR) is 221 cm³/mol. The van der Waals surface area contributed by atoms with Crippen LogP contribution in [-0.2, 0) is 16.2 Å². The van der Waals surface area contributed by atoms with Crippen molar-refractivity contribution in [1.29, 1.82) is 0 Å². The highest BCUT2D eigenvalue weighted by atomic mass is 16.7. The fourth-order valence-electron chi connectivity index (χ4n) is 8.93. The zero-order valence-corrected chi connectivity index (χ0v) is 36.1. The normalized spacial score (nSPS) is 26.7. The number of benzene rings is 2. The molecule has 2 aliphatic rings. The molecule has 2 aromatic carbocycles. The highest BCUT2D eigenvalue weighted by Crippen LogP contribution is 2.48. The van der Waals surface area contributed by atoms with Gasteiger partial charge < -0.3 is 35.4 Å². The smallest absolute Gasteiger partial charge is 0.253 e. The Bertz CT molecular complexity index is 1620. The van der Waals surface area contributed by atoms with E-state index in [9.17, 15) is 19.8 Å². The second-order valence-electron chi connectivity index (χ2n) is 18.7. The Morgan fingerprint density at radius 2 is 1.76 bits per heavy atom. The minimum Gasteiger partial charge on any atom is -0.496 e. The Hall–Kier alpha value is -3.22. The fourth-order valence-corrected chi connectivity index (χ4v) is 8.93. The van der Waals surface area contributed by atoms with E-state index in [2.05, 4.69) is 70.9 Å². The van der Waals surface area contributed by atoms with Crippen LogP contribution in [-0.4, -0.2) is 111 Å². The molecular formula is C44H71N5O6. The van der Waals surface area contributed by atoms with Crippen molar-refractivity contribution in [2.45, 2.75) is 112 Å². The van der Waals surface area contributed by atoms with E-state index in [0.29, 0.717) is 23.1 Å². The van der Waals surface area contributed by atoms with Crippen LogP contribution in [0, 0.1) is 34.5 Å². The van der Waals surface area contributed by atoms with Gasteiger partial charge in [0.15, 0.2) is 0 Å². The number of anilines is 1. The second kappa shape index (κ2) is 17.9. The first-order chi connectivity index (χ1) is 25.6. The number of ether oxygens (including phenoxy) is 1. The van der Waals surface area contributed by atoms with Crippen LogP contribution in [0.15, 0.2) is 36.4 Å². The molecule has 308 valence electrons. The van der Waals surface area contributed by atoms with E-state index in [4.69, 9.17) is 9.57 Å². The van der Waals surface area contributed by atoms with E-state index in [1.54, 1.807) is 19.1 Å². The number of aliphatic hydroxyl groups is 2. The molecule has 1 heterocycles. The first-order valence-corrected chi connectivity index (χ1v) is 20.1. The number of aliphatic hydroxyl groups excluding tert-OH is 2. The van der Waals surface area contributed by atoms with Crippen LogP contribution < -0.4 is 20.3 Å². The van der Waals surface area contributed by atoms with Crippen molar-refractivity contribution in [3.05, 3.63) is 47.5 Å². The molecule has 11 heteroatoms. The Morgan fingerprint density at radius 3 is 2.33 bits per heavy atom. The molecule has 0 radical (unpaired) electrons. The van der Waals surface area contributed by atoms with Crippen LogP contribution in [0.1, 0.15) is 91.1 Å². The molecule has 4 rings (SSSR count). The molecule has 1 saturated heterocycles. The summed E-state index contributed by atoms with van der Waals surface area (Å²) in [5, 5.41) is 29.7. The number of hydrogen-bond donors (Lipinski definition) is 4. The summed E-state index contributed by atoms with van der Waals surface area (Å²) >= 11 is 0. The van der Waals surface area contributed by atoms with Gasteiger partial charge in [-0.25, -0.2) is 0 Å². The lowest BCUT2D eigenvalue weighted by Gasteiger charge is -2.50. The van der Waals surface area contributed by atoms with Gasteiger partial charge in [0.25, 0.3) is 5.91 Å². The monoisotopic (exact) mass is 766 g/mol. The lowest BCUT2D eigenvalue weighted by molar-refractivity contribution is -0.182. The highest BCUT2D eigenvalue weighted by molar-refractivity contribution is 6.01. The topological polar surface area (TPSA) is 127 Å². The van der Waals surface area contributed by atoms with Gasteiger partial charge in [-0.05, 0) is 80.1 Å². The number of carbonyl (C=O) groups is 2. The molecule has 0 aromatic heterocycles. The number of para-hydroxylation sites is 1. The van der Waals surface area contributed by atoms with Crippen molar-refractivity contribution < 1.29 is 29.4 Å². The third-order valence-electron chi connectivity index (χ3n) is 12.6. The third kappa shape index (κ3) is 10.2. The van der Waals surface area contributed by atoms with Crippen LogP contribution in [0.5, 0.6) is 5.75 Å². The van der Waals surface area contributed by atoms with Crippen LogP contribution in [0.3, 0.4) is 0 Å². The molecular weight excluding hydrogens is 695 g/mol. The summed E-state index contributed by atoms with van der Waals surface area (Å²) in [5.74, 6) is 0.619. The van der Waals surface area contributed by atoms with Gasteiger partial charge in [-0.2, -0.15) is 5.06 Å². The lowest BCUT2D eigenvalue weighted by atomic mass is 9.58. The minimum atomic E-state index is -0.910. The molecule has 0 spiro atoms. The number of methoxy groups -OCH3 is 1. The zero-order valence-electron chi connectivity index (χ0n) is 36.1. The summed E-state index contributed by atoms with van der Waals surface area (Å²) in [6.45, 7) is 20.1. The van der Waals surface area contributed by atoms with Gasteiger partial charge in [0, 0.05) is 55.5 Å². The molecule has 9 atom stereocenters. The van der Waals surface area contributed by atoms with E-state index < -0.39 is 24.2 Å². The molecule has 55 heavy (non-hydrogen) atoms. The number of carbonyl (C=O) groups excluding carboxylic acids is 2. The molecule has 4 N–H and O–H groups in total. The molecule has 0 bridgehead atoms. The predicted octanol–water partition coefficient (Wildman–Crippen LogP) is 5.82. The first kappa shape index (κ1) is 44.5. The maximum Gasteiger partial charge on any atom is 0.253 e. The van der Waals surface area contributed by atoms with Crippen molar-refractivity contribution in [1.82, 2.24) is 20.6 Å². The van der Waals surface area contributed by atoms with Crippen molar-refractivity contribution in [2.75, 3.05) is 53.4 Å². The number of hydrogen-bond acceptors (Lipinski definition) is 9. The maximum atomic E-state index is 14.4. The molecule has 1 aliphatic heterocycles. The van der Waals surface area contributed by atoms with Crippen molar-refractivity contribution in [3.63, 3.8) is 0 Å². The average molecular weight is 766 g/mol. The highest BCUT2D eigenvalue weighted by Gasteiger charge is 2.51. The number of hydroxylamine groups is 2. The number of amides is 2. The van der Waals surface area contributed by atoms with E-state index in [-0.39, 0.29) is 53.8 Å². The summed E-state index contributed by atoms with van der Waals surface area (Å²) in [7, 11) is 9.50. The summed E-state index contributed by atoms with van der Waals surface area (Å²) < 4.78 is 6.09. The molecule has 11 nitrogen and oxygen atoms in total. The van der Waals surface area contributed by atoms with Gasteiger partial charge in [0.1, 0.15) is 17.9 Å². The number of rotatable bonds is 14. The standard InChI is InChI=1S/C44H71N5O6/c1-26-20-35(27(2)28(3)44(26,8)9)46-42(53)39-38(29(4)51)37(25-50)55-49(39)23-31-16-15-17-33(40(31)54-14)30-18-19-36(48(12)13)34(21-30)41(52)45-32(24-47(10)11)22-43(5,6)7/h15-19,21,26-29,32,35,37-39,50-51H,20,22-25H2,1-14H3,(H,45,52)(H,46,53)/t26-,27+,28+,29+,32+,35+,37+,38-,39+/m1/s1. The van der Waals surface area contributed by atoms with E-state index in [1.807, 2.05) is 69.5 Å².